The Hall–Kier alpha value is -0.680. The third-order valence-corrected chi connectivity index (χ3v) is 5.22. The quantitative estimate of drug-likeness (QED) is 0.698. The number of hydrogen-bond acceptors (Lipinski definition) is 3. The highest BCUT2D eigenvalue weighted by Crippen LogP contribution is 2.29. The van der Waals surface area contributed by atoms with E-state index in [1.807, 2.05) is 11.3 Å². The average molecular weight is 368 g/mol. The standard InChI is InChI=1S/C17H22BrNOS/c1-13-5-3-4-6-16(13)14(12-19-9-10-20-2)11-15-7-8-17(18)21-15/h3-8,14,19H,9-12H2,1-2H3. The van der Waals surface area contributed by atoms with Crippen LogP contribution in [0.15, 0.2) is 40.2 Å². The molecule has 0 aliphatic carbocycles. The molecule has 0 aliphatic rings. The van der Waals surface area contributed by atoms with Gasteiger partial charge in [0.2, 0.25) is 0 Å². The molecule has 1 unspecified atom stereocenters. The topological polar surface area (TPSA) is 21.3 Å². The second-order valence-electron chi connectivity index (χ2n) is 5.16. The zero-order valence-corrected chi connectivity index (χ0v) is 15.0. The third-order valence-electron chi connectivity index (χ3n) is 3.58. The van der Waals surface area contributed by atoms with Gasteiger partial charge in [-0.2, -0.15) is 0 Å². The molecule has 21 heavy (non-hydrogen) atoms. The van der Waals surface area contributed by atoms with Crippen molar-refractivity contribution < 1.29 is 4.74 Å². The van der Waals surface area contributed by atoms with Gasteiger partial charge in [-0.1, -0.05) is 24.3 Å². The average Bonchev–Trinajstić information content (AvgIpc) is 2.88. The van der Waals surface area contributed by atoms with Gasteiger partial charge in [0, 0.05) is 31.0 Å². The van der Waals surface area contributed by atoms with Crippen LogP contribution in [0.4, 0.5) is 0 Å². The molecular formula is C17H22BrNOS. The fourth-order valence-corrected chi connectivity index (χ4v) is 4.05. The van der Waals surface area contributed by atoms with Crippen molar-refractivity contribution in [2.75, 3.05) is 26.8 Å². The van der Waals surface area contributed by atoms with Gasteiger partial charge in [-0.15, -0.1) is 11.3 Å². The molecule has 0 saturated heterocycles. The van der Waals surface area contributed by atoms with E-state index in [1.54, 1.807) is 7.11 Å². The van der Waals surface area contributed by atoms with Crippen molar-refractivity contribution >= 4 is 27.3 Å². The van der Waals surface area contributed by atoms with Crippen molar-refractivity contribution in [2.45, 2.75) is 19.3 Å². The minimum atomic E-state index is 0.494. The van der Waals surface area contributed by atoms with Crippen molar-refractivity contribution in [2.24, 2.45) is 0 Å². The summed E-state index contributed by atoms with van der Waals surface area (Å²) in [6.07, 6.45) is 1.07. The first-order valence-electron chi connectivity index (χ1n) is 7.20. The summed E-state index contributed by atoms with van der Waals surface area (Å²) in [4.78, 5) is 1.42. The number of nitrogens with one attached hydrogen (secondary N) is 1. The van der Waals surface area contributed by atoms with Crippen LogP contribution in [0.1, 0.15) is 21.9 Å². The van der Waals surface area contributed by atoms with Crippen molar-refractivity contribution in [3.8, 4) is 0 Å². The van der Waals surface area contributed by atoms with Gasteiger partial charge >= 0.3 is 0 Å². The molecule has 0 spiro atoms. The molecule has 2 rings (SSSR count). The number of methoxy groups -OCH3 is 1. The Balaban J connectivity index is 2.08. The van der Waals surface area contributed by atoms with E-state index in [9.17, 15) is 0 Å². The van der Waals surface area contributed by atoms with Crippen molar-refractivity contribution in [3.05, 3.63) is 56.2 Å². The fraction of sp³-hybridized carbons (Fsp3) is 0.412. The lowest BCUT2D eigenvalue weighted by molar-refractivity contribution is 0.199. The number of halogens is 1. The molecule has 1 N–H and O–H groups in total. The second-order valence-corrected chi connectivity index (χ2v) is 7.71. The van der Waals surface area contributed by atoms with E-state index in [0.29, 0.717) is 5.92 Å². The molecular weight excluding hydrogens is 346 g/mol. The molecule has 0 aliphatic heterocycles. The molecule has 0 amide bonds. The summed E-state index contributed by atoms with van der Waals surface area (Å²) in [5, 5.41) is 3.51. The predicted molar refractivity (Wildman–Crippen MR) is 94.4 cm³/mol. The number of aryl methyl sites for hydroxylation is 1. The largest absolute Gasteiger partial charge is 0.383 e. The Kier molecular flexibility index (Phi) is 6.90. The van der Waals surface area contributed by atoms with E-state index in [-0.39, 0.29) is 0 Å². The Morgan fingerprint density at radius 2 is 2.05 bits per heavy atom. The minimum Gasteiger partial charge on any atom is -0.383 e. The molecule has 1 heterocycles. The molecule has 1 aromatic heterocycles. The summed E-state index contributed by atoms with van der Waals surface area (Å²) in [6.45, 7) is 4.82. The number of hydrogen-bond donors (Lipinski definition) is 1. The van der Waals surface area contributed by atoms with E-state index in [4.69, 9.17) is 4.74 Å². The van der Waals surface area contributed by atoms with Gasteiger partial charge in [0.05, 0.1) is 10.4 Å². The van der Waals surface area contributed by atoms with Crippen LogP contribution in [0.25, 0.3) is 0 Å². The number of benzene rings is 1. The third kappa shape index (κ3) is 5.22. The van der Waals surface area contributed by atoms with Crippen LogP contribution in [-0.4, -0.2) is 26.8 Å². The van der Waals surface area contributed by atoms with Gasteiger partial charge in [-0.05, 0) is 52.5 Å². The van der Waals surface area contributed by atoms with E-state index >= 15 is 0 Å². The molecule has 1 atom stereocenters. The Morgan fingerprint density at radius 1 is 1.24 bits per heavy atom. The summed E-state index contributed by atoms with van der Waals surface area (Å²) in [6, 6.07) is 13.0. The summed E-state index contributed by atoms with van der Waals surface area (Å²) < 4.78 is 6.31. The van der Waals surface area contributed by atoms with Crippen molar-refractivity contribution in [1.29, 1.82) is 0 Å². The Labute approximate surface area is 139 Å². The van der Waals surface area contributed by atoms with Gasteiger partial charge in [-0.3, -0.25) is 0 Å². The van der Waals surface area contributed by atoms with E-state index < -0.39 is 0 Å². The van der Waals surface area contributed by atoms with Crippen LogP contribution in [0.3, 0.4) is 0 Å². The molecule has 0 bridgehead atoms. The van der Waals surface area contributed by atoms with Crippen LogP contribution < -0.4 is 5.32 Å². The number of rotatable bonds is 8. The summed E-state index contributed by atoms with van der Waals surface area (Å²) in [5.41, 5.74) is 2.80. The van der Waals surface area contributed by atoms with Gasteiger partial charge < -0.3 is 10.1 Å². The Morgan fingerprint density at radius 3 is 2.71 bits per heavy atom. The molecule has 2 aromatic rings. The molecule has 114 valence electrons. The highest BCUT2D eigenvalue weighted by Gasteiger charge is 2.15. The predicted octanol–water partition coefficient (Wildman–Crippen LogP) is 4.38. The highest BCUT2D eigenvalue weighted by molar-refractivity contribution is 9.11. The van der Waals surface area contributed by atoms with Gasteiger partial charge in [0.25, 0.3) is 0 Å². The fourth-order valence-electron chi connectivity index (χ4n) is 2.49. The lowest BCUT2D eigenvalue weighted by atomic mass is 9.91. The zero-order valence-electron chi connectivity index (χ0n) is 12.6. The molecule has 2 nitrogen and oxygen atoms in total. The SMILES string of the molecule is COCCNCC(Cc1ccc(Br)s1)c1ccccc1C. The van der Waals surface area contributed by atoms with Crippen LogP contribution in [-0.2, 0) is 11.2 Å². The van der Waals surface area contributed by atoms with Gasteiger partial charge in [0.15, 0.2) is 0 Å². The maximum atomic E-state index is 5.11. The summed E-state index contributed by atoms with van der Waals surface area (Å²) >= 11 is 5.38. The minimum absolute atomic E-state index is 0.494. The van der Waals surface area contributed by atoms with E-state index in [1.165, 1.54) is 19.8 Å². The van der Waals surface area contributed by atoms with Crippen molar-refractivity contribution in [3.63, 3.8) is 0 Å². The second kappa shape index (κ2) is 8.69. The molecule has 1 aromatic carbocycles. The smallest absolute Gasteiger partial charge is 0.0701 e. The van der Waals surface area contributed by atoms with Crippen molar-refractivity contribution in [1.82, 2.24) is 5.32 Å². The van der Waals surface area contributed by atoms with Crippen LogP contribution in [0, 0.1) is 6.92 Å². The maximum Gasteiger partial charge on any atom is 0.0701 e. The molecule has 0 radical (unpaired) electrons. The monoisotopic (exact) mass is 367 g/mol. The molecule has 0 saturated carbocycles. The number of ether oxygens (including phenoxy) is 1. The Bertz CT molecular complexity index is 555. The van der Waals surface area contributed by atoms with E-state index in [2.05, 4.69) is 64.6 Å². The van der Waals surface area contributed by atoms with Crippen LogP contribution in [0.2, 0.25) is 0 Å². The molecule has 4 heteroatoms. The maximum absolute atomic E-state index is 5.11. The summed E-state index contributed by atoms with van der Waals surface area (Å²) in [7, 11) is 1.74. The highest BCUT2D eigenvalue weighted by atomic mass is 79.9. The normalized spacial score (nSPS) is 12.5. The van der Waals surface area contributed by atoms with Crippen LogP contribution in [0.5, 0.6) is 0 Å². The lowest BCUT2D eigenvalue weighted by Crippen LogP contribution is -2.26. The molecule has 0 fully saturated rings. The first-order valence-corrected chi connectivity index (χ1v) is 8.81. The first-order chi connectivity index (χ1) is 10.2. The van der Waals surface area contributed by atoms with Gasteiger partial charge in [-0.25, -0.2) is 0 Å². The lowest BCUT2D eigenvalue weighted by Gasteiger charge is -2.19. The van der Waals surface area contributed by atoms with Crippen LogP contribution >= 0.6 is 27.3 Å². The number of thiophene rings is 1. The van der Waals surface area contributed by atoms with E-state index in [0.717, 1.165) is 26.1 Å². The summed E-state index contributed by atoms with van der Waals surface area (Å²) in [5.74, 6) is 0.494. The van der Waals surface area contributed by atoms with Gasteiger partial charge in [0.1, 0.15) is 0 Å². The zero-order chi connectivity index (χ0) is 15.1. The first kappa shape index (κ1) is 16.7.